The van der Waals surface area contributed by atoms with Crippen molar-refractivity contribution < 1.29 is 4.57 Å². The zero-order valence-electron chi connectivity index (χ0n) is 16.0. The topological polar surface area (TPSA) is 21.7 Å². The highest BCUT2D eigenvalue weighted by Crippen LogP contribution is 2.32. The van der Waals surface area contributed by atoms with Gasteiger partial charge in [0.15, 0.2) is 11.9 Å². The fourth-order valence-corrected chi connectivity index (χ4v) is 4.04. The minimum absolute atomic E-state index is 1.02. The number of aromatic nitrogens is 3. The normalized spacial score (nSPS) is 11.3. The summed E-state index contributed by atoms with van der Waals surface area (Å²) in [7, 11) is 2.10. The van der Waals surface area contributed by atoms with E-state index in [1.807, 2.05) is 6.07 Å². The van der Waals surface area contributed by atoms with E-state index in [0.717, 1.165) is 16.9 Å². The van der Waals surface area contributed by atoms with Gasteiger partial charge in [0.05, 0.1) is 11.0 Å². The fraction of sp³-hybridized carbons (Fsp3) is 0.217. The maximum absolute atomic E-state index is 4.94. The average molecular weight is 342 g/mol. The van der Waals surface area contributed by atoms with Crippen LogP contribution in [0.15, 0.2) is 54.7 Å². The van der Waals surface area contributed by atoms with Gasteiger partial charge >= 0.3 is 0 Å². The lowest BCUT2D eigenvalue weighted by molar-refractivity contribution is -0.603. The molecule has 0 aliphatic rings. The molecule has 26 heavy (non-hydrogen) atoms. The Kier molecular flexibility index (Phi) is 3.87. The SMILES string of the molecule is Cc1cc(C)c(-[n+]2ccccc2C)c(C)c1-c1nc2ccccc2n1C. The summed E-state index contributed by atoms with van der Waals surface area (Å²) in [5.41, 5.74) is 9.69. The molecule has 130 valence electrons. The molecule has 2 aromatic carbocycles. The molecule has 0 amide bonds. The van der Waals surface area contributed by atoms with Gasteiger partial charge < -0.3 is 4.57 Å². The number of rotatable bonds is 2. The van der Waals surface area contributed by atoms with Crippen molar-refractivity contribution in [3.05, 3.63) is 77.1 Å². The molecule has 0 saturated carbocycles. The molecule has 0 fully saturated rings. The van der Waals surface area contributed by atoms with E-state index in [1.54, 1.807) is 0 Å². The van der Waals surface area contributed by atoms with Crippen molar-refractivity contribution in [1.29, 1.82) is 0 Å². The summed E-state index contributed by atoms with van der Waals surface area (Å²) in [6.45, 7) is 8.73. The molecular weight excluding hydrogens is 318 g/mol. The quantitative estimate of drug-likeness (QED) is 0.482. The van der Waals surface area contributed by atoms with Crippen LogP contribution < -0.4 is 4.57 Å². The van der Waals surface area contributed by atoms with Crippen LogP contribution in [0.4, 0.5) is 0 Å². The first kappa shape index (κ1) is 16.5. The van der Waals surface area contributed by atoms with Crippen LogP contribution in [-0.2, 0) is 7.05 Å². The van der Waals surface area contributed by atoms with Crippen molar-refractivity contribution in [3.8, 4) is 17.1 Å². The van der Waals surface area contributed by atoms with Crippen molar-refractivity contribution in [2.24, 2.45) is 7.05 Å². The third-order valence-electron chi connectivity index (χ3n) is 5.25. The van der Waals surface area contributed by atoms with Gasteiger partial charge in [-0.15, -0.1) is 0 Å². The van der Waals surface area contributed by atoms with Gasteiger partial charge in [0, 0.05) is 42.8 Å². The Morgan fingerprint density at radius 3 is 2.35 bits per heavy atom. The highest BCUT2D eigenvalue weighted by Gasteiger charge is 2.23. The van der Waals surface area contributed by atoms with Crippen LogP contribution in [-0.4, -0.2) is 9.55 Å². The lowest BCUT2D eigenvalue weighted by Gasteiger charge is -2.14. The van der Waals surface area contributed by atoms with Crippen molar-refractivity contribution in [2.75, 3.05) is 0 Å². The molecule has 2 heterocycles. The van der Waals surface area contributed by atoms with E-state index in [4.69, 9.17) is 4.98 Å². The van der Waals surface area contributed by atoms with E-state index in [2.05, 4.69) is 92.5 Å². The second-order valence-electron chi connectivity index (χ2n) is 7.05. The minimum atomic E-state index is 1.02. The molecule has 3 nitrogen and oxygen atoms in total. The second-order valence-corrected chi connectivity index (χ2v) is 7.05. The third-order valence-corrected chi connectivity index (χ3v) is 5.25. The monoisotopic (exact) mass is 342 g/mol. The van der Waals surface area contributed by atoms with Crippen molar-refractivity contribution >= 4 is 11.0 Å². The van der Waals surface area contributed by atoms with Gasteiger partial charge in [0.1, 0.15) is 5.82 Å². The van der Waals surface area contributed by atoms with Gasteiger partial charge in [-0.05, 0) is 44.5 Å². The summed E-state index contributed by atoms with van der Waals surface area (Å²) < 4.78 is 4.47. The first-order valence-corrected chi connectivity index (χ1v) is 8.99. The Morgan fingerprint density at radius 2 is 1.62 bits per heavy atom. The lowest BCUT2D eigenvalue weighted by Crippen LogP contribution is -2.35. The molecule has 0 saturated heterocycles. The van der Waals surface area contributed by atoms with Crippen molar-refractivity contribution in [3.63, 3.8) is 0 Å². The third kappa shape index (κ3) is 2.43. The van der Waals surface area contributed by atoms with Crippen molar-refractivity contribution in [1.82, 2.24) is 9.55 Å². The number of aryl methyl sites for hydroxylation is 4. The van der Waals surface area contributed by atoms with Gasteiger partial charge in [-0.25, -0.2) is 4.98 Å². The smallest absolute Gasteiger partial charge is 0.217 e. The summed E-state index contributed by atoms with van der Waals surface area (Å²) >= 11 is 0. The predicted molar refractivity (Wildman–Crippen MR) is 107 cm³/mol. The van der Waals surface area contributed by atoms with E-state index in [-0.39, 0.29) is 0 Å². The molecule has 0 aliphatic heterocycles. The van der Waals surface area contributed by atoms with E-state index in [1.165, 1.54) is 33.6 Å². The van der Waals surface area contributed by atoms with Crippen LogP contribution in [0.3, 0.4) is 0 Å². The van der Waals surface area contributed by atoms with Crippen molar-refractivity contribution in [2.45, 2.75) is 27.7 Å². The molecule has 0 radical (unpaired) electrons. The molecule has 0 spiro atoms. The minimum Gasteiger partial charge on any atom is -0.327 e. The zero-order valence-corrected chi connectivity index (χ0v) is 16.0. The number of imidazole rings is 1. The number of benzene rings is 2. The van der Waals surface area contributed by atoms with Crippen LogP contribution in [0, 0.1) is 27.7 Å². The number of nitrogens with zero attached hydrogens (tertiary/aromatic N) is 3. The number of fused-ring (bicyclic) bond motifs is 1. The molecule has 0 unspecified atom stereocenters. The van der Waals surface area contributed by atoms with E-state index in [9.17, 15) is 0 Å². The molecule has 0 N–H and O–H groups in total. The molecular formula is C23H24N3+. The highest BCUT2D eigenvalue weighted by molar-refractivity contribution is 5.82. The average Bonchev–Trinajstić information content (AvgIpc) is 2.93. The second kappa shape index (κ2) is 6.10. The van der Waals surface area contributed by atoms with Gasteiger partial charge in [0.25, 0.3) is 0 Å². The molecule has 0 atom stereocenters. The first-order chi connectivity index (χ1) is 12.5. The molecule has 0 bridgehead atoms. The predicted octanol–water partition coefficient (Wildman–Crippen LogP) is 4.75. The summed E-state index contributed by atoms with van der Waals surface area (Å²) in [4.78, 5) is 4.94. The van der Waals surface area contributed by atoms with Crippen LogP contribution in [0.5, 0.6) is 0 Å². The fourth-order valence-electron chi connectivity index (χ4n) is 4.04. The lowest BCUT2D eigenvalue weighted by atomic mass is 9.96. The molecule has 0 aliphatic carbocycles. The van der Waals surface area contributed by atoms with Gasteiger partial charge in [-0.2, -0.15) is 4.57 Å². The van der Waals surface area contributed by atoms with Crippen LogP contribution in [0.2, 0.25) is 0 Å². The van der Waals surface area contributed by atoms with E-state index in [0.29, 0.717) is 0 Å². The molecule has 2 aromatic heterocycles. The van der Waals surface area contributed by atoms with E-state index >= 15 is 0 Å². The highest BCUT2D eigenvalue weighted by atomic mass is 15.1. The summed E-state index contributed by atoms with van der Waals surface area (Å²) in [6.07, 6.45) is 2.14. The van der Waals surface area contributed by atoms with Crippen LogP contribution >= 0.6 is 0 Å². The number of hydrogen-bond donors (Lipinski definition) is 0. The molecule has 3 heteroatoms. The summed E-state index contributed by atoms with van der Waals surface area (Å²) in [6, 6.07) is 16.9. The Morgan fingerprint density at radius 1 is 0.885 bits per heavy atom. The zero-order chi connectivity index (χ0) is 18.4. The number of para-hydroxylation sites is 2. The largest absolute Gasteiger partial charge is 0.327 e. The number of pyridine rings is 1. The van der Waals surface area contributed by atoms with Gasteiger partial charge in [0.2, 0.25) is 5.69 Å². The standard InChI is InChI=1S/C23H24N3/c1-15-14-16(2)22(26-13-9-8-10-17(26)3)18(4)21(15)23-24-19-11-6-7-12-20(19)25(23)5/h6-14H,1-5H3/q+1. The van der Waals surface area contributed by atoms with Crippen LogP contribution in [0.1, 0.15) is 22.4 Å². The molecule has 4 aromatic rings. The van der Waals surface area contributed by atoms with Gasteiger partial charge in [-0.1, -0.05) is 18.2 Å². The van der Waals surface area contributed by atoms with E-state index < -0.39 is 0 Å². The number of hydrogen-bond acceptors (Lipinski definition) is 1. The Balaban J connectivity index is 2.05. The summed E-state index contributed by atoms with van der Waals surface area (Å²) in [5, 5.41) is 0. The maximum atomic E-state index is 4.94. The Labute approximate surface area is 154 Å². The van der Waals surface area contributed by atoms with Crippen LogP contribution in [0.25, 0.3) is 28.1 Å². The first-order valence-electron chi connectivity index (χ1n) is 8.99. The Bertz CT molecular complexity index is 1140. The summed E-state index contributed by atoms with van der Waals surface area (Å²) in [5.74, 6) is 1.02. The Hall–Kier alpha value is -2.94. The molecule has 4 rings (SSSR count). The maximum Gasteiger partial charge on any atom is 0.217 e. The van der Waals surface area contributed by atoms with Gasteiger partial charge in [-0.3, -0.25) is 0 Å².